The SMILES string of the molecule is C[C@H]1CN(S(=O)(=O)CCCNCc2ccccc2)[C@@H](C)C[C@H]1NC(=O)c1cc(C2CC2)on1. The van der Waals surface area contributed by atoms with Crippen molar-refractivity contribution in [2.75, 3.05) is 18.8 Å². The van der Waals surface area contributed by atoms with Crippen LogP contribution in [0.25, 0.3) is 0 Å². The molecule has 180 valence electrons. The number of amides is 1. The maximum atomic E-state index is 13.0. The number of aromatic nitrogens is 1. The Morgan fingerprint density at radius 1 is 1.21 bits per heavy atom. The van der Waals surface area contributed by atoms with Crippen LogP contribution in [0.2, 0.25) is 0 Å². The normalized spacial score (nSPS) is 24.0. The van der Waals surface area contributed by atoms with Gasteiger partial charge in [-0.3, -0.25) is 4.79 Å². The molecule has 1 saturated heterocycles. The molecule has 8 nitrogen and oxygen atoms in total. The fraction of sp³-hybridized carbons (Fsp3) is 0.583. The van der Waals surface area contributed by atoms with Crippen LogP contribution in [0.4, 0.5) is 0 Å². The molecule has 0 radical (unpaired) electrons. The Balaban J connectivity index is 1.24. The summed E-state index contributed by atoms with van der Waals surface area (Å²) in [6, 6.07) is 11.5. The van der Waals surface area contributed by atoms with E-state index >= 15 is 0 Å². The molecule has 1 aromatic carbocycles. The van der Waals surface area contributed by atoms with Gasteiger partial charge in [0.2, 0.25) is 10.0 Å². The van der Waals surface area contributed by atoms with Crippen molar-refractivity contribution in [3.8, 4) is 0 Å². The molecule has 2 N–H and O–H groups in total. The van der Waals surface area contributed by atoms with Crippen molar-refractivity contribution < 1.29 is 17.7 Å². The second kappa shape index (κ2) is 10.4. The summed E-state index contributed by atoms with van der Waals surface area (Å²) in [5, 5.41) is 10.3. The van der Waals surface area contributed by atoms with Gasteiger partial charge in [-0.05, 0) is 50.6 Å². The van der Waals surface area contributed by atoms with Crippen molar-refractivity contribution in [1.29, 1.82) is 0 Å². The summed E-state index contributed by atoms with van der Waals surface area (Å²) in [6.45, 7) is 5.67. The lowest BCUT2D eigenvalue weighted by Gasteiger charge is -2.41. The summed E-state index contributed by atoms with van der Waals surface area (Å²) in [6.07, 6.45) is 3.30. The largest absolute Gasteiger partial charge is 0.360 e. The highest BCUT2D eigenvalue weighted by atomic mass is 32.2. The van der Waals surface area contributed by atoms with Crippen LogP contribution >= 0.6 is 0 Å². The molecule has 2 fully saturated rings. The topological polar surface area (TPSA) is 105 Å². The van der Waals surface area contributed by atoms with E-state index in [9.17, 15) is 13.2 Å². The summed E-state index contributed by atoms with van der Waals surface area (Å²) in [7, 11) is -3.36. The minimum atomic E-state index is -3.36. The highest BCUT2D eigenvalue weighted by molar-refractivity contribution is 7.89. The highest BCUT2D eigenvalue weighted by Crippen LogP contribution is 2.40. The van der Waals surface area contributed by atoms with E-state index in [-0.39, 0.29) is 29.7 Å². The van der Waals surface area contributed by atoms with E-state index in [1.807, 2.05) is 44.2 Å². The number of carbonyl (C=O) groups excluding carboxylic acids is 1. The molecular weight excluding hydrogens is 440 g/mol. The van der Waals surface area contributed by atoms with Gasteiger partial charge in [-0.1, -0.05) is 42.4 Å². The number of hydrogen-bond acceptors (Lipinski definition) is 6. The highest BCUT2D eigenvalue weighted by Gasteiger charge is 2.38. The molecule has 4 rings (SSSR count). The van der Waals surface area contributed by atoms with Crippen molar-refractivity contribution >= 4 is 15.9 Å². The fourth-order valence-corrected chi connectivity index (χ4v) is 6.26. The molecule has 1 amide bonds. The van der Waals surface area contributed by atoms with Gasteiger partial charge in [0.25, 0.3) is 5.91 Å². The molecule has 1 aromatic heterocycles. The number of nitrogens with zero attached hydrogens (tertiary/aromatic N) is 2. The van der Waals surface area contributed by atoms with Gasteiger partial charge in [-0.2, -0.15) is 4.31 Å². The molecule has 0 bridgehead atoms. The Labute approximate surface area is 196 Å². The predicted octanol–water partition coefficient (Wildman–Crippen LogP) is 2.89. The molecule has 1 aliphatic heterocycles. The fourth-order valence-electron chi connectivity index (χ4n) is 4.42. The third-order valence-corrected chi connectivity index (χ3v) is 8.61. The monoisotopic (exact) mass is 474 g/mol. The van der Waals surface area contributed by atoms with Crippen molar-refractivity contribution in [3.05, 3.63) is 53.4 Å². The summed E-state index contributed by atoms with van der Waals surface area (Å²) in [5.74, 6) is 1.05. The first-order valence-corrected chi connectivity index (χ1v) is 13.5. The van der Waals surface area contributed by atoms with Crippen LogP contribution in [0.5, 0.6) is 0 Å². The molecule has 2 aliphatic rings. The quantitative estimate of drug-likeness (QED) is 0.513. The molecule has 1 aliphatic carbocycles. The second-order valence-corrected chi connectivity index (χ2v) is 11.5. The zero-order valence-electron chi connectivity index (χ0n) is 19.4. The van der Waals surface area contributed by atoms with Crippen molar-refractivity contribution in [3.63, 3.8) is 0 Å². The first-order valence-electron chi connectivity index (χ1n) is 11.8. The van der Waals surface area contributed by atoms with E-state index in [2.05, 4.69) is 15.8 Å². The maximum Gasteiger partial charge on any atom is 0.273 e. The number of hydrogen-bond donors (Lipinski definition) is 2. The Morgan fingerprint density at radius 2 is 1.97 bits per heavy atom. The Morgan fingerprint density at radius 3 is 2.70 bits per heavy atom. The molecular formula is C24H34N4O4S. The zero-order valence-corrected chi connectivity index (χ0v) is 20.2. The minimum Gasteiger partial charge on any atom is -0.360 e. The number of rotatable bonds is 10. The average molecular weight is 475 g/mol. The van der Waals surface area contributed by atoms with Crippen molar-refractivity contribution in [1.82, 2.24) is 20.1 Å². The van der Waals surface area contributed by atoms with Crippen molar-refractivity contribution in [2.24, 2.45) is 5.92 Å². The number of benzene rings is 1. The molecule has 0 unspecified atom stereocenters. The number of piperidine rings is 1. The predicted molar refractivity (Wildman–Crippen MR) is 126 cm³/mol. The lowest BCUT2D eigenvalue weighted by Crippen LogP contribution is -2.55. The van der Waals surface area contributed by atoms with Crippen LogP contribution in [0.15, 0.2) is 40.9 Å². The van der Waals surface area contributed by atoms with Crippen LogP contribution in [-0.2, 0) is 16.6 Å². The molecule has 0 spiro atoms. The summed E-state index contributed by atoms with van der Waals surface area (Å²) >= 11 is 0. The van der Waals surface area contributed by atoms with Gasteiger partial charge < -0.3 is 15.2 Å². The third kappa shape index (κ3) is 6.22. The molecule has 2 aromatic rings. The Hall–Kier alpha value is -2.23. The first kappa shape index (κ1) is 23.9. The third-order valence-electron chi connectivity index (χ3n) is 6.58. The van der Waals surface area contributed by atoms with Gasteiger partial charge in [-0.25, -0.2) is 8.42 Å². The second-order valence-electron chi connectivity index (χ2n) is 9.43. The molecule has 33 heavy (non-hydrogen) atoms. The first-order chi connectivity index (χ1) is 15.8. The Bertz CT molecular complexity index is 1040. The zero-order chi connectivity index (χ0) is 23.4. The van der Waals surface area contributed by atoms with Crippen LogP contribution in [0.1, 0.15) is 67.3 Å². The summed E-state index contributed by atoms with van der Waals surface area (Å²) < 4.78 is 32.9. The van der Waals surface area contributed by atoms with Gasteiger partial charge in [0.05, 0.1) is 5.75 Å². The smallest absolute Gasteiger partial charge is 0.273 e. The number of carbonyl (C=O) groups is 1. The van der Waals surface area contributed by atoms with Gasteiger partial charge in [0.15, 0.2) is 5.69 Å². The van der Waals surface area contributed by atoms with Gasteiger partial charge in [0, 0.05) is 37.2 Å². The lowest BCUT2D eigenvalue weighted by molar-refractivity contribution is 0.0871. The van der Waals surface area contributed by atoms with Gasteiger partial charge in [0.1, 0.15) is 5.76 Å². The van der Waals surface area contributed by atoms with Crippen LogP contribution in [0.3, 0.4) is 0 Å². The van der Waals surface area contributed by atoms with E-state index in [0.717, 1.165) is 25.1 Å². The molecule has 2 heterocycles. The molecule has 9 heteroatoms. The number of sulfonamides is 1. The maximum absolute atomic E-state index is 13.0. The summed E-state index contributed by atoms with van der Waals surface area (Å²) in [4.78, 5) is 12.6. The Kier molecular flexibility index (Phi) is 7.51. The summed E-state index contributed by atoms with van der Waals surface area (Å²) in [5.41, 5.74) is 1.48. The lowest BCUT2D eigenvalue weighted by atomic mass is 9.91. The van der Waals surface area contributed by atoms with Crippen LogP contribution in [-0.4, -0.2) is 54.7 Å². The van der Waals surface area contributed by atoms with Gasteiger partial charge >= 0.3 is 0 Å². The van der Waals surface area contributed by atoms with E-state index < -0.39 is 10.0 Å². The number of nitrogens with one attached hydrogen (secondary N) is 2. The van der Waals surface area contributed by atoms with Crippen LogP contribution < -0.4 is 10.6 Å². The van der Waals surface area contributed by atoms with E-state index in [0.29, 0.717) is 37.5 Å². The van der Waals surface area contributed by atoms with E-state index in [4.69, 9.17) is 4.52 Å². The minimum absolute atomic E-state index is 0.00549. The van der Waals surface area contributed by atoms with Gasteiger partial charge in [-0.15, -0.1) is 0 Å². The average Bonchev–Trinajstić information content (AvgIpc) is 3.52. The van der Waals surface area contributed by atoms with E-state index in [1.54, 1.807) is 10.4 Å². The molecule has 1 saturated carbocycles. The van der Waals surface area contributed by atoms with Crippen LogP contribution in [0, 0.1) is 5.92 Å². The molecule has 3 atom stereocenters. The standard InChI is InChI=1S/C24H34N4O4S/c1-17-16-28(33(30,31)12-6-11-25-15-19-7-4-3-5-8-19)18(2)13-21(17)26-24(29)22-14-23(32-27-22)20-9-10-20/h3-5,7-8,14,17-18,20-21,25H,6,9-13,15-16H2,1-2H3,(H,26,29)/t17-,18-,21+/m0/s1. The van der Waals surface area contributed by atoms with Crippen molar-refractivity contribution in [2.45, 2.75) is 64.1 Å². The van der Waals surface area contributed by atoms with E-state index in [1.165, 1.54) is 5.56 Å².